The molecule has 120 valence electrons. The van der Waals surface area contributed by atoms with Crippen LogP contribution in [0.3, 0.4) is 0 Å². The number of rotatable bonds is 11. The fraction of sp³-hybridized carbons (Fsp3) is 0.667. The van der Waals surface area contributed by atoms with E-state index < -0.39 is 0 Å². The molecule has 0 bridgehead atoms. The van der Waals surface area contributed by atoms with Crippen molar-refractivity contribution in [3.63, 3.8) is 0 Å². The molecule has 0 aliphatic rings. The Morgan fingerprint density at radius 1 is 0.905 bits per heavy atom. The summed E-state index contributed by atoms with van der Waals surface area (Å²) >= 11 is 3.79. The van der Waals surface area contributed by atoms with Crippen LogP contribution in [0.2, 0.25) is 0 Å². The molecule has 2 nitrogen and oxygen atoms in total. The van der Waals surface area contributed by atoms with Crippen molar-refractivity contribution in [2.45, 2.75) is 63.1 Å². The zero-order chi connectivity index (χ0) is 15.5. The summed E-state index contributed by atoms with van der Waals surface area (Å²) in [6.07, 6.45) is 10.6. The zero-order valence-electron chi connectivity index (χ0n) is 13.7. The van der Waals surface area contributed by atoms with Gasteiger partial charge in [0, 0.05) is 4.83 Å². The summed E-state index contributed by atoms with van der Waals surface area (Å²) in [5, 5.41) is 0. The van der Waals surface area contributed by atoms with Gasteiger partial charge in [-0.2, -0.15) is 0 Å². The number of hydrogen-bond donors (Lipinski definition) is 0. The lowest BCUT2D eigenvalue weighted by Crippen LogP contribution is -1.95. The molecule has 1 unspecified atom stereocenters. The normalized spacial score (nSPS) is 12.2. The van der Waals surface area contributed by atoms with E-state index in [2.05, 4.69) is 35.0 Å². The molecule has 0 saturated carbocycles. The first-order valence-electron chi connectivity index (χ1n) is 8.09. The Labute approximate surface area is 138 Å². The number of hydrogen-bond acceptors (Lipinski definition) is 2. The molecule has 1 rings (SSSR count). The lowest BCUT2D eigenvalue weighted by molar-refractivity contribution is 0.354. The van der Waals surface area contributed by atoms with Crippen LogP contribution in [0, 0.1) is 0 Å². The van der Waals surface area contributed by atoms with E-state index in [-0.39, 0.29) is 0 Å². The molecule has 21 heavy (non-hydrogen) atoms. The Hall–Kier alpha value is -0.700. The smallest absolute Gasteiger partial charge is 0.161 e. The number of ether oxygens (including phenoxy) is 2. The predicted octanol–water partition coefficient (Wildman–Crippen LogP) is 6.28. The van der Waals surface area contributed by atoms with E-state index in [0.29, 0.717) is 4.83 Å². The molecular weight excluding hydrogens is 328 g/mol. The van der Waals surface area contributed by atoms with Gasteiger partial charge >= 0.3 is 0 Å². The molecule has 1 atom stereocenters. The Morgan fingerprint density at radius 3 is 2.14 bits per heavy atom. The van der Waals surface area contributed by atoms with Gasteiger partial charge in [-0.15, -0.1) is 0 Å². The van der Waals surface area contributed by atoms with Gasteiger partial charge in [-0.3, -0.25) is 0 Å². The van der Waals surface area contributed by atoms with Gasteiger partial charge in [0.15, 0.2) is 11.5 Å². The Morgan fingerprint density at radius 2 is 1.52 bits per heavy atom. The molecule has 0 aliphatic heterocycles. The van der Waals surface area contributed by atoms with E-state index in [4.69, 9.17) is 9.47 Å². The van der Waals surface area contributed by atoms with Crippen LogP contribution in [-0.4, -0.2) is 14.2 Å². The Balaban J connectivity index is 2.33. The van der Waals surface area contributed by atoms with Crippen LogP contribution in [-0.2, 0) is 0 Å². The number of methoxy groups -OCH3 is 2. The summed E-state index contributed by atoms with van der Waals surface area (Å²) in [5.41, 5.74) is 1.26. The zero-order valence-corrected chi connectivity index (χ0v) is 15.2. The van der Waals surface area contributed by atoms with Gasteiger partial charge in [0.05, 0.1) is 14.2 Å². The first-order chi connectivity index (χ1) is 10.2. The van der Waals surface area contributed by atoms with Crippen LogP contribution < -0.4 is 9.47 Å². The summed E-state index contributed by atoms with van der Waals surface area (Å²) in [4.78, 5) is 0.396. The first-order valence-corrected chi connectivity index (χ1v) is 9.00. The van der Waals surface area contributed by atoms with Crippen molar-refractivity contribution in [1.82, 2.24) is 0 Å². The maximum Gasteiger partial charge on any atom is 0.161 e. The predicted molar refractivity (Wildman–Crippen MR) is 93.8 cm³/mol. The average molecular weight is 357 g/mol. The van der Waals surface area contributed by atoms with Crippen molar-refractivity contribution in [1.29, 1.82) is 0 Å². The molecule has 0 saturated heterocycles. The van der Waals surface area contributed by atoms with Crippen LogP contribution in [0.5, 0.6) is 11.5 Å². The second kappa shape index (κ2) is 10.9. The van der Waals surface area contributed by atoms with E-state index >= 15 is 0 Å². The lowest BCUT2D eigenvalue weighted by atomic mass is 10.0. The van der Waals surface area contributed by atoms with Gasteiger partial charge in [-0.25, -0.2) is 0 Å². The van der Waals surface area contributed by atoms with Gasteiger partial charge in [0.2, 0.25) is 0 Å². The second-order valence-corrected chi connectivity index (χ2v) is 6.60. The van der Waals surface area contributed by atoms with Crippen LogP contribution in [0.25, 0.3) is 0 Å². The van der Waals surface area contributed by atoms with E-state index in [1.54, 1.807) is 14.2 Å². The molecular formula is C18H29BrO2. The summed E-state index contributed by atoms with van der Waals surface area (Å²) in [6.45, 7) is 2.26. The highest BCUT2D eigenvalue weighted by atomic mass is 79.9. The molecule has 0 spiro atoms. The molecule has 0 fully saturated rings. The second-order valence-electron chi connectivity index (χ2n) is 5.49. The third-order valence-corrected chi connectivity index (χ3v) is 4.82. The van der Waals surface area contributed by atoms with Crippen molar-refractivity contribution in [3.8, 4) is 11.5 Å². The lowest BCUT2D eigenvalue weighted by Gasteiger charge is -2.13. The Kier molecular flexibility index (Phi) is 9.56. The Bertz CT molecular complexity index is 393. The monoisotopic (exact) mass is 356 g/mol. The van der Waals surface area contributed by atoms with Gasteiger partial charge in [-0.1, -0.05) is 73.9 Å². The van der Waals surface area contributed by atoms with E-state index in [9.17, 15) is 0 Å². The average Bonchev–Trinajstić information content (AvgIpc) is 2.53. The first kappa shape index (κ1) is 18.3. The van der Waals surface area contributed by atoms with E-state index in [1.165, 1.54) is 56.9 Å². The van der Waals surface area contributed by atoms with E-state index in [0.717, 1.165) is 11.5 Å². The van der Waals surface area contributed by atoms with Crippen LogP contribution >= 0.6 is 15.9 Å². The summed E-state index contributed by atoms with van der Waals surface area (Å²) < 4.78 is 10.6. The molecule has 0 N–H and O–H groups in total. The summed E-state index contributed by atoms with van der Waals surface area (Å²) in [7, 11) is 3.35. The van der Waals surface area contributed by atoms with Gasteiger partial charge in [-0.05, 0) is 24.1 Å². The van der Waals surface area contributed by atoms with Crippen molar-refractivity contribution in [3.05, 3.63) is 23.8 Å². The molecule has 3 heteroatoms. The fourth-order valence-electron chi connectivity index (χ4n) is 2.49. The number of halogens is 1. The molecule has 1 aromatic rings. The minimum Gasteiger partial charge on any atom is -0.493 e. The van der Waals surface area contributed by atoms with Crippen molar-refractivity contribution in [2.75, 3.05) is 14.2 Å². The van der Waals surface area contributed by atoms with Crippen LogP contribution in [0.1, 0.15) is 68.7 Å². The quantitative estimate of drug-likeness (QED) is 0.343. The molecule has 0 radical (unpaired) electrons. The molecule has 0 heterocycles. The minimum absolute atomic E-state index is 0.396. The van der Waals surface area contributed by atoms with Crippen molar-refractivity contribution >= 4 is 15.9 Å². The highest BCUT2D eigenvalue weighted by molar-refractivity contribution is 9.09. The highest BCUT2D eigenvalue weighted by Crippen LogP contribution is 2.35. The fourth-order valence-corrected chi connectivity index (χ4v) is 3.10. The summed E-state index contributed by atoms with van der Waals surface area (Å²) in [6, 6.07) is 6.16. The standard InChI is InChI=1S/C18H29BrO2/c1-4-5-6-7-8-9-10-11-16(19)15-12-13-17(20-2)18(14-15)21-3/h12-14,16H,4-11H2,1-3H3. The van der Waals surface area contributed by atoms with Crippen molar-refractivity contribution in [2.24, 2.45) is 0 Å². The minimum atomic E-state index is 0.396. The molecule has 0 amide bonds. The SMILES string of the molecule is CCCCCCCCCC(Br)c1ccc(OC)c(OC)c1. The van der Waals surface area contributed by atoms with Crippen LogP contribution in [0.4, 0.5) is 0 Å². The number of benzene rings is 1. The maximum absolute atomic E-state index is 5.36. The summed E-state index contributed by atoms with van der Waals surface area (Å²) in [5.74, 6) is 1.59. The maximum atomic E-state index is 5.36. The number of alkyl halides is 1. The van der Waals surface area contributed by atoms with Gasteiger partial charge in [0.1, 0.15) is 0 Å². The molecule has 0 aliphatic carbocycles. The van der Waals surface area contributed by atoms with E-state index in [1.807, 2.05) is 6.07 Å². The third kappa shape index (κ3) is 6.73. The van der Waals surface area contributed by atoms with Gasteiger partial charge < -0.3 is 9.47 Å². The molecule has 0 aromatic heterocycles. The number of unbranched alkanes of at least 4 members (excludes halogenated alkanes) is 6. The molecule has 1 aromatic carbocycles. The van der Waals surface area contributed by atoms with Crippen LogP contribution in [0.15, 0.2) is 18.2 Å². The van der Waals surface area contributed by atoms with Gasteiger partial charge in [0.25, 0.3) is 0 Å². The highest BCUT2D eigenvalue weighted by Gasteiger charge is 2.11. The van der Waals surface area contributed by atoms with Crippen molar-refractivity contribution < 1.29 is 9.47 Å². The topological polar surface area (TPSA) is 18.5 Å². The third-order valence-electron chi connectivity index (χ3n) is 3.83. The largest absolute Gasteiger partial charge is 0.493 e.